The van der Waals surface area contributed by atoms with Gasteiger partial charge in [0, 0.05) is 5.56 Å². The zero-order chi connectivity index (χ0) is 19.8. The summed E-state index contributed by atoms with van der Waals surface area (Å²) < 4.78 is 16.1. The Morgan fingerprint density at radius 2 is 1.96 bits per heavy atom. The summed E-state index contributed by atoms with van der Waals surface area (Å²) in [5.74, 6) is -1.45. The summed E-state index contributed by atoms with van der Waals surface area (Å²) in [7, 11) is 0. The minimum absolute atomic E-state index is 0.0851. The molecule has 2 fully saturated rings. The number of benzene rings is 1. The molecule has 2 aliphatic rings. The molecule has 0 radical (unpaired) electrons. The average Bonchev–Trinajstić information content (AvgIpc) is 3.17. The third-order valence-electron chi connectivity index (χ3n) is 4.10. The van der Waals surface area contributed by atoms with Gasteiger partial charge in [0.25, 0.3) is 16.7 Å². The van der Waals surface area contributed by atoms with Crippen LogP contribution >= 0.6 is 12.2 Å². The summed E-state index contributed by atoms with van der Waals surface area (Å²) in [5, 5.41) is 2.59. The van der Waals surface area contributed by atoms with Gasteiger partial charge in [-0.25, -0.2) is 14.5 Å². The maximum atomic E-state index is 13.2. The molecule has 0 unspecified atom stereocenters. The van der Waals surface area contributed by atoms with Crippen LogP contribution < -0.4 is 5.32 Å². The molecule has 27 heavy (non-hydrogen) atoms. The Hall–Kier alpha value is -2.68. The van der Waals surface area contributed by atoms with Gasteiger partial charge in [0.15, 0.2) is 6.04 Å². The number of nitrogens with one attached hydrogen (secondary N) is 1. The van der Waals surface area contributed by atoms with Crippen molar-refractivity contribution < 1.29 is 28.6 Å². The van der Waals surface area contributed by atoms with Crippen LogP contribution in [-0.2, 0) is 29.4 Å². The summed E-state index contributed by atoms with van der Waals surface area (Å²) in [4.78, 5) is 39.1. The number of carbonyl (C=O) groups excluding carboxylic acids is 3. The minimum atomic E-state index is -1.86. The molecular formula is C18H20N2O6S. The van der Waals surface area contributed by atoms with Gasteiger partial charge in [-0.05, 0) is 33.0 Å². The smallest absolute Gasteiger partial charge is 0.416 e. The first-order valence-electron chi connectivity index (χ1n) is 8.42. The molecule has 0 aliphatic carbocycles. The van der Waals surface area contributed by atoms with E-state index in [9.17, 15) is 14.4 Å². The van der Waals surface area contributed by atoms with E-state index in [-0.39, 0.29) is 18.3 Å². The molecule has 8 nitrogen and oxygen atoms in total. The van der Waals surface area contributed by atoms with Crippen LogP contribution in [0.25, 0.3) is 0 Å². The number of ether oxygens (including phenoxy) is 3. The van der Waals surface area contributed by atoms with E-state index in [0.29, 0.717) is 5.56 Å². The summed E-state index contributed by atoms with van der Waals surface area (Å²) in [6.07, 6.45) is -0.772. The van der Waals surface area contributed by atoms with E-state index >= 15 is 0 Å². The SMILES string of the molecule is CC(C)(C)OC(=O)[C@]1(c2ccccc2)OC(=S)N[C@H]1C(=O)N1CCOC1=O. The van der Waals surface area contributed by atoms with Gasteiger partial charge in [0.1, 0.15) is 12.2 Å². The fraction of sp³-hybridized carbons (Fsp3) is 0.444. The van der Waals surface area contributed by atoms with Crippen molar-refractivity contribution in [3.63, 3.8) is 0 Å². The Kier molecular flexibility index (Phi) is 4.81. The predicted molar refractivity (Wildman–Crippen MR) is 97.6 cm³/mol. The van der Waals surface area contributed by atoms with Crippen LogP contribution in [0.3, 0.4) is 0 Å². The first-order valence-corrected chi connectivity index (χ1v) is 8.82. The molecule has 2 heterocycles. The Morgan fingerprint density at radius 3 is 2.52 bits per heavy atom. The zero-order valence-electron chi connectivity index (χ0n) is 15.2. The molecule has 3 rings (SSSR count). The molecular weight excluding hydrogens is 372 g/mol. The predicted octanol–water partition coefficient (Wildman–Crippen LogP) is 1.48. The second-order valence-electron chi connectivity index (χ2n) is 7.17. The monoisotopic (exact) mass is 392 g/mol. The number of amides is 2. The number of cyclic esters (lactones) is 1. The molecule has 2 amide bonds. The highest BCUT2D eigenvalue weighted by atomic mass is 32.1. The molecule has 9 heteroatoms. The third-order valence-corrected chi connectivity index (χ3v) is 4.30. The largest absolute Gasteiger partial charge is 0.457 e. The van der Waals surface area contributed by atoms with E-state index in [1.54, 1.807) is 51.1 Å². The Bertz CT molecular complexity index is 791. The number of nitrogens with zero attached hydrogens (tertiary/aromatic N) is 1. The van der Waals surface area contributed by atoms with Crippen molar-refractivity contribution in [3.8, 4) is 0 Å². The van der Waals surface area contributed by atoms with Crippen LogP contribution in [0.2, 0.25) is 0 Å². The molecule has 1 aromatic carbocycles. The van der Waals surface area contributed by atoms with Crippen molar-refractivity contribution in [2.45, 2.75) is 38.0 Å². The number of rotatable bonds is 3. The molecule has 144 valence electrons. The van der Waals surface area contributed by atoms with Crippen LogP contribution in [0.1, 0.15) is 26.3 Å². The van der Waals surface area contributed by atoms with E-state index in [1.165, 1.54) is 0 Å². The first-order chi connectivity index (χ1) is 12.6. The standard InChI is InChI=1S/C18H20N2O6S/c1-17(2,3)25-14(22)18(11-7-5-4-6-8-11)12(19-15(27)26-18)13(21)20-9-10-24-16(20)23/h4-8,12H,9-10H2,1-3H3,(H,19,27)/t12-,18+/m0/s1. The van der Waals surface area contributed by atoms with E-state index < -0.39 is 35.2 Å². The number of thiocarbonyl (C=S) groups is 1. The van der Waals surface area contributed by atoms with Crippen molar-refractivity contribution in [1.29, 1.82) is 0 Å². The van der Waals surface area contributed by atoms with Crippen molar-refractivity contribution in [2.75, 3.05) is 13.2 Å². The average molecular weight is 392 g/mol. The first kappa shape index (κ1) is 19.1. The van der Waals surface area contributed by atoms with Crippen LogP contribution in [0.15, 0.2) is 30.3 Å². The summed E-state index contributed by atoms with van der Waals surface area (Å²) in [6.45, 7) is 5.30. The molecule has 2 saturated heterocycles. The Labute approximate surface area is 161 Å². The molecule has 0 bridgehead atoms. The second-order valence-corrected chi connectivity index (χ2v) is 7.55. The molecule has 1 aromatic rings. The molecule has 1 N–H and O–H groups in total. The van der Waals surface area contributed by atoms with Gasteiger partial charge >= 0.3 is 12.1 Å². The van der Waals surface area contributed by atoms with E-state index in [2.05, 4.69) is 5.32 Å². The fourth-order valence-corrected chi connectivity index (χ4v) is 3.23. The van der Waals surface area contributed by atoms with Gasteiger partial charge in [-0.2, -0.15) is 0 Å². The van der Waals surface area contributed by atoms with E-state index in [0.717, 1.165) is 4.90 Å². The lowest BCUT2D eigenvalue weighted by Gasteiger charge is -2.33. The summed E-state index contributed by atoms with van der Waals surface area (Å²) >= 11 is 5.10. The van der Waals surface area contributed by atoms with Crippen LogP contribution in [-0.4, -0.2) is 52.8 Å². The van der Waals surface area contributed by atoms with Crippen molar-refractivity contribution in [3.05, 3.63) is 35.9 Å². The highest BCUT2D eigenvalue weighted by Gasteiger charge is 2.61. The lowest BCUT2D eigenvalue weighted by molar-refractivity contribution is -0.178. The minimum Gasteiger partial charge on any atom is -0.457 e. The summed E-state index contributed by atoms with van der Waals surface area (Å²) in [6, 6.07) is 7.19. The van der Waals surface area contributed by atoms with E-state index in [4.69, 9.17) is 26.4 Å². The van der Waals surface area contributed by atoms with Gasteiger partial charge < -0.3 is 19.5 Å². The van der Waals surface area contributed by atoms with Crippen LogP contribution in [0.4, 0.5) is 4.79 Å². The van der Waals surface area contributed by atoms with Crippen molar-refractivity contribution in [2.24, 2.45) is 0 Å². The van der Waals surface area contributed by atoms with Crippen molar-refractivity contribution >= 4 is 35.4 Å². The Morgan fingerprint density at radius 1 is 1.30 bits per heavy atom. The number of esters is 1. The molecule has 2 atom stereocenters. The molecule has 0 saturated carbocycles. The van der Waals surface area contributed by atoms with Gasteiger partial charge in [0.2, 0.25) is 0 Å². The normalized spacial score (nSPS) is 24.9. The number of imide groups is 1. The van der Waals surface area contributed by atoms with Crippen LogP contribution in [0.5, 0.6) is 0 Å². The zero-order valence-corrected chi connectivity index (χ0v) is 16.0. The summed E-state index contributed by atoms with van der Waals surface area (Å²) in [5.41, 5.74) is -2.30. The van der Waals surface area contributed by atoms with Gasteiger partial charge in [-0.1, -0.05) is 30.3 Å². The molecule has 2 aliphatic heterocycles. The molecule has 0 spiro atoms. The number of carbonyl (C=O) groups is 3. The lowest BCUT2D eigenvalue weighted by atomic mass is 9.85. The van der Waals surface area contributed by atoms with Gasteiger partial charge in [-0.3, -0.25) is 4.79 Å². The third kappa shape index (κ3) is 3.46. The van der Waals surface area contributed by atoms with E-state index in [1.807, 2.05) is 0 Å². The number of hydrogen-bond acceptors (Lipinski definition) is 7. The lowest BCUT2D eigenvalue weighted by Crippen LogP contribution is -2.58. The maximum absolute atomic E-state index is 13.2. The quantitative estimate of drug-likeness (QED) is 0.611. The highest BCUT2D eigenvalue weighted by Crippen LogP contribution is 2.38. The topological polar surface area (TPSA) is 94.2 Å². The highest BCUT2D eigenvalue weighted by molar-refractivity contribution is 7.80. The van der Waals surface area contributed by atoms with Gasteiger partial charge in [0.05, 0.1) is 6.54 Å². The van der Waals surface area contributed by atoms with Gasteiger partial charge in [-0.15, -0.1) is 0 Å². The van der Waals surface area contributed by atoms with Crippen molar-refractivity contribution in [1.82, 2.24) is 10.2 Å². The van der Waals surface area contributed by atoms with Crippen LogP contribution in [0, 0.1) is 0 Å². The number of hydrogen-bond donors (Lipinski definition) is 1. The molecule has 0 aromatic heterocycles. The maximum Gasteiger partial charge on any atom is 0.416 e. The second kappa shape index (κ2) is 6.80. The fourth-order valence-electron chi connectivity index (χ4n) is 2.98. The Balaban J connectivity index is 2.09.